The molecule has 1 heterocycles. The van der Waals surface area contributed by atoms with Crippen LogP contribution >= 0.6 is 0 Å². The Labute approximate surface area is 99.2 Å². The number of aliphatic hydroxyl groups is 1. The number of aliphatic hydroxyl groups excluding tert-OH is 1. The fourth-order valence-electron chi connectivity index (χ4n) is 3.17. The number of nitrogens with zero attached hydrogens (tertiary/aromatic N) is 1. The SMILES string of the molecule is CC1CN(C2CCCCCC2O)C(C)CN1. The van der Waals surface area contributed by atoms with Gasteiger partial charge in [0.1, 0.15) is 0 Å². The minimum Gasteiger partial charge on any atom is -0.391 e. The molecular formula is C13H26N2O. The second-order valence-corrected chi connectivity index (χ2v) is 5.63. The second kappa shape index (κ2) is 5.48. The largest absolute Gasteiger partial charge is 0.391 e. The summed E-state index contributed by atoms with van der Waals surface area (Å²) in [6.07, 6.45) is 5.85. The smallest absolute Gasteiger partial charge is 0.0695 e. The third-order valence-corrected chi connectivity index (χ3v) is 4.18. The molecule has 0 bridgehead atoms. The first kappa shape index (κ1) is 12.3. The van der Waals surface area contributed by atoms with Gasteiger partial charge in [-0.15, -0.1) is 0 Å². The Morgan fingerprint density at radius 1 is 1.12 bits per heavy atom. The molecule has 0 radical (unpaired) electrons. The maximum Gasteiger partial charge on any atom is 0.0695 e. The Bertz CT molecular complexity index is 222. The van der Waals surface area contributed by atoms with Gasteiger partial charge in [0, 0.05) is 31.2 Å². The Hall–Kier alpha value is -0.120. The van der Waals surface area contributed by atoms with Crippen LogP contribution in [0.3, 0.4) is 0 Å². The van der Waals surface area contributed by atoms with Gasteiger partial charge in [0.05, 0.1) is 6.10 Å². The molecule has 1 aliphatic carbocycles. The van der Waals surface area contributed by atoms with Crippen LogP contribution in [0.2, 0.25) is 0 Å². The van der Waals surface area contributed by atoms with Crippen LogP contribution in [0.5, 0.6) is 0 Å². The van der Waals surface area contributed by atoms with E-state index in [9.17, 15) is 5.11 Å². The summed E-state index contributed by atoms with van der Waals surface area (Å²) in [7, 11) is 0. The lowest BCUT2D eigenvalue weighted by atomic mass is 9.99. The molecule has 0 amide bonds. The second-order valence-electron chi connectivity index (χ2n) is 5.63. The van der Waals surface area contributed by atoms with E-state index in [1.54, 1.807) is 0 Å². The summed E-state index contributed by atoms with van der Waals surface area (Å²) in [5.41, 5.74) is 0. The molecule has 16 heavy (non-hydrogen) atoms. The van der Waals surface area contributed by atoms with Gasteiger partial charge in [-0.2, -0.15) is 0 Å². The molecule has 2 aliphatic rings. The normalized spacial score (nSPS) is 42.9. The van der Waals surface area contributed by atoms with E-state index in [0.29, 0.717) is 18.1 Å². The summed E-state index contributed by atoms with van der Waals surface area (Å²) < 4.78 is 0. The van der Waals surface area contributed by atoms with E-state index in [4.69, 9.17) is 0 Å². The first-order chi connectivity index (χ1) is 7.68. The summed E-state index contributed by atoms with van der Waals surface area (Å²) in [6.45, 7) is 6.66. The highest BCUT2D eigenvalue weighted by Gasteiger charge is 2.33. The Kier molecular flexibility index (Phi) is 4.22. The van der Waals surface area contributed by atoms with Crippen molar-refractivity contribution in [1.82, 2.24) is 10.2 Å². The van der Waals surface area contributed by atoms with E-state index < -0.39 is 0 Å². The maximum atomic E-state index is 10.2. The number of hydrogen-bond donors (Lipinski definition) is 2. The van der Waals surface area contributed by atoms with Crippen molar-refractivity contribution in [3.8, 4) is 0 Å². The average Bonchev–Trinajstić information content (AvgIpc) is 2.47. The first-order valence-corrected chi connectivity index (χ1v) is 6.85. The fraction of sp³-hybridized carbons (Fsp3) is 1.00. The van der Waals surface area contributed by atoms with Crippen molar-refractivity contribution >= 4 is 0 Å². The summed E-state index contributed by atoms with van der Waals surface area (Å²) in [5, 5.41) is 13.8. The molecule has 3 heteroatoms. The van der Waals surface area contributed by atoms with Crippen molar-refractivity contribution < 1.29 is 5.11 Å². The predicted molar refractivity (Wildman–Crippen MR) is 66.5 cm³/mol. The molecule has 0 aromatic carbocycles. The monoisotopic (exact) mass is 226 g/mol. The van der Waals surface area contributed by atoms with Gasteiger partial charge in [-0.1, -0.05) is 19.3 Å². The first-order valence-electron chi connectivity index (χ1n) is 6.85. The van der Waals surface area contributed by atoms with Gasteiger partial charge in [0.25, 0.3) is 0 Å². The molecule has 0 spiro atoms. The molecule has 3 nitrogen and oxygen atoms in total. The van der Waals surface area contributed by atoms with Gasteiger partial charge < -0.3 is 10.4 Å². The van der Waals surface area contributed by atoms with E-state index in [1.807, 2.05) is 0 Å². The van der Waals surface area contributed by atoms with Crippen LogP contribution in [0.1, 0.15) is 46.0 Å². The highest BCUT2D eigenvalue weighted by molar-refractivity contribution is 4.90. The zero-order chi connectivity index (χ0) is 11.5. The molecule has 0 aromatic rings. The van der Waals surface area contributed by atoms with Crippen molar-refractivity contribution in [3.63, 3.8) is 0 Å². The van der Waals surface area contributed by atoms with Crippen LogP contribution < -0.4 is 5.32 Å². The molecule has 4 atom stereocenters. The molecular weight excluding hydrogens is 200 g/mol. The average molecular weight is 226 g/mol. The zero-order valence-corrected chi connectivity index (χ0v) is 10.7. The lowest BCUT2D eigenvalue weighted by Crippen LogP contribution is -2.59. The van der Waals surface area contributed by atoms with E-state index in [1.165, 1.54) is 25.7 Å². The summed E-state index contributed by atoms with van der Waals surface area (Å²) >= 11 is 0. The van der Waals surface area contributed by atoms with E-state index >= 15 is 0 Å². The van der Waals surface area contributed by atoms with Crippen molar-refractivity contribution in [3.05, 3.63) is 0 Å². The number of hydrogen-bond acceptors (Lipinski definition) is 3. The lowest BCUT2D eigenvalue weighted by molar-refractivity contribution is 0.00554. The molecule has 1 aliphatic heterocycles. The van der Waals surface area contributed by atoms with Gasteiger partial charge in [-0.05, 0) is 26.7 Å². The molecule has 1 saturated carbocycles. The number of piperazine rings is 1. The van der Waals surface area contributed by atoms with Gasteiger partial charge >= 0.3 is 0 Å². The molecule has 0 aromatic heterocycles. The van der Waals surface area contributed by atoms with Crippen LogP contribution in [-0.4, -0.2) is 47.3 Å². The van der Waals surface area contributed by atoms with Gasteiger partial charge in [0.15, 0.2) is 0 Å². The minimum atomic E-state index is -0.102. The van der Waals surface area contributed by atoms with Gasteiger partial charge in [-0.3, -0.25) is 4.90 Å². The predicted octanol–water partition coefficient (Wildman–Crippen LogP) is 1.36. The summed E-state index contributed by atoms with van der Waals surface area (Å²) in [4.78, 5) is 2.54. The molecule has 2 rings (SSSR count). The van der Waals surface area contributed by atoms with Crippen molar-refractivity contribution in [2.45, 2.75) is 70.2 Å². The fourth-order valence-corrected chi connectivity index (χ4v) is 3.17. The highest BCUT2D eigenvalue weighted by atomic mass is 16.3. The van der Waals surface area contributed by atoms with Crippen LogP contribution in [0.25, 0.3) is 0 Å². The number of nitrogens with one attached hydrogen (secondary N) is 1. The van der Waals surface area contributed by atoms with E-state index in [-0.39, 0.29) is 6.10 Å². The van der Waals surface area contributed by atoms with Crippen molar-refractivity contribution in [2.24, 2.45) is 0 Å². The molecule has 2 N–H and O–H groups in total. The van der Waals surface area contributed by atoms with Crippen LogP contribution in [0, 0.1) is 0 Å². The van der Waals surface area contributed by atoms with Crippen molar-refractivity contribution in [1.29, 1.82) is 0 Å². The lowest BCUT2D eigenvalue weighted by Gasteiger charge is -2.43. The third kappa shape index (κ3) is 2.76. The van der Waals surface area contributed by atoms with E-state index in [2.05, 4.69) is 24.1 Å². The maximum absolute atomic E-state index is 10.2. The number of rotatable bonds is 1. The Morgan fingerprint density at radius 2 is 1.88 bits per heavy atom. The molecule has 1 saturated heterocycles. The van der Waals surface area contributed by atoms with Gasteiger partial charge in [0.2, 0.25) is 0 Å². The zero-order valence-electron chi connectivity index (χ0n) is 10.7. The van der Waals surface area contributed by atoms with Crippen molar-refractivity contribution in [2.75, 3.05) is 13.1 Å². The Morgan fingerprint density at radius 3 is 2.69 bits per heavy atom. The van der Waals surface area contributed by atoms with Gasteiger partial charge in [-0.25, -0.2) is 0 Å². The standard InChI is InChI=1S/C13H26N2O/c1-10-9-15(11(2)8-14-10)12-6-4-3-5-7-13(12)16/h10-14,16H,3-9H2,1-2H3. The molecule has 2 fully saturated rings. The van der Waals surface area contributed by atoms with Crippen LogP contribution in [0.4, 0.5) is 0 Å². The van der Waals surface area contributed by atoms with Crippen LogP contribution in [0.15, 0.2) is 0 Å². The quantitative estimate of drug-likeness (QED) is 0.663. The van der Waals surface area contributed by atoms with E-state index in [0.717, 1.165) is 19.5 Å². The molecule has 94 valence electrons. The Balaban J connectivity index is 2.02. The third-order valence-electron chi connectivity index (χ3n) is 4.18. The highest BCUT2D eigenvalue weighted by Crippen LogP contribution is 2.25. The summed E-state index contributed by atoms with van der Waals surface area (Å²) in [6, 6.07) is 1.53. The summed E-state index contributed by atoms with van der Waals surface area (Å²) in [5.74, 6) is 0. The minimum absolute atomic E-state index is 0.102. The topological polar surface area (TPSA) is 35.5 Å². The molecule has 4 unspecified atom stereocenters. The van der Waals surface area contributed by atoms with Crippen LogP contribution in [-0.2, 0) is 0 Å².